The summed E-state index contributed by atoms with van der Waals surface area (Å²) in [6.07, 6.45) is 6.03. The van der Waals surface area contributed by atoms with Crippen LogP contribution in [0.25, 0.3) is 5.52 Å². The molecule has 1 N–H and O–H groups in total. The zero-order valence-electron chi connectivity index (χ0n) is 6.01. The van der Waals surface area contributed by atoms with E-state index in [-0.39, 0.29) is 5.69 Å². The van der Waals surface area contributed by atoms with E-state index in [1.807, 2.05) is 0 Å². The third kappa shape index (κ3) is 0.914. The number of hydrogen-bond acceptors (Lipinski definition) is 3. The Morgan fingerprint density at radius 2 is 2.33 bits per heavy atom. The molecule has 0 saturated carbocycles. The quantitative estimate of drug-likeness (QED) is 0.661. The lowest BCUT2D eigenvalue weighted by Gasteiger charge is -1.94. The van der Waals surface area contributed by atoms with Crippen molar-refractivity contribution in [3.63, 3.8) is 0 Å². The topological polar surface area (TPSA) is 67.5 Å². The monoisotopic (exact) mass is 163 g/mol. The minimum absolute atomic E-state index is 0.0144. The van der Waals surface area contributed by atoms with Crippen molar-refractivity contribution in [3.05, 3.63) is 30.6 Å². The maximum absolute atomic E-state index is 10.5. The van der Waals surface area contributed by atoms with E-state index in [9.17, 15) is 4.79 Å². The lowest BCUT2D eigenvalue weighted by molar-refractivity contribution is 0.0690. The molecule has 2 rings (SSSR count). The molecule has 0 unspecified atom stereocenters. The van der Waals surface area contributed by atoms with Crippen molar-refractivity contribution in [2.24, 2.45) is 0 Å². The van der Waals surface area contributed by atoms with Gasteiger partial charge >= 0.3 is 5.97 Å². The molecular weight excluding hydrogens is 158 g/mol. The highest BCUT2D eigenvalue weighted by atomic mass is 16.4. The fraction of sp³-hybridized carbons (Fsp3) is 0. The predicted octanol–water partition coefficient (Wildman–Crippen LogP) is 0.427. The van der Waals surface area contributed by atoms with Gasteiger partial charge in [0.25, 0.3) is 0 Å². The first kappa shape index (κ1) is 6.78. The Kier molecular flexibility index (Phi) is 1.30. The van der Waals surface area contributed by atoms with Gasteiger partial charge in [-0.05, 0) is 0 Å². The molecule has 0 atom stereocenters. The highest BCUT2D eigenvalue weighted by Gasteiger charge is 2.04. The second-order valence-corrected chi connectivity index (χ2v) is 2.30. The summed E-state index contributed by atoms with van der Waals surface area (Å²) < 4.78 is 1.61. The van der Waals surface area contributed by atoms with Crippen LogP contribution in [0, 0.1) is 0 Å². The van der Waals surface area contributed by atoms with Crippen molar-refractivity contribution < 1.29 is 9.90 Å². The van der Waals surface area contributed by atoms with E-state index >= 15 is 0 Å². The van der Waals surface area contributed by atoms with Gasteiger partial charge in [0.05, 0.1) is 24.2 Å². The van der Waals surface area contributed by atoms with Gasteiger partial charge in [0.15, 0.2) is 5.69 Å². The number of nitrogens with zero attached hydrogens (tertiary/aromatic N) is 3. The van der Waals surface area contributed by atoms with Crippen molar-refractivity contribution in [1.29, 1.82) is 0 Å². The van der Waals surface area contributed by atoms with E-state index in [2.05, 4.69) is 9.97 Å². The zero-order chi connectivity index (χ0) is 8.55. The fourth-order valence-electron chi connectivity index (χ4n) is 0.934. The first-order valence-corrected chi connectivity index (χ1v) is 3.28. The van der Waals surface area contributed by atoms with Crippen molar-refractivity contribution in [3.8, 4) is 0 Å². The molecule has 5 heteroatoms. The summed E-state index contributed by atoms with van der Waals surface area (Å²) in [5.41, 5.74) is 0.792. The Bertz CT molecular complexity index is 435. The van der Waals surface area contributed by atoms with Crippen LogP contribution in [0.4, 0.5) is 0 Å². The van der Waals surface area contributed by atoms with Crippen molar-refractivity contribution >= 4 is 11.5 Å². The molecule has 0 spiro atoms. The van der Waals surface area contributed by atoms with Crippen molar-refractivity contribution in [2.75, 3.05) is 0 Å². The summed E-state index contributed by atoms with van der Waals surface area (Å²) in [6, 6.07) is 0. The molecule has 2 aromatic heterocycles. The van der Waals surface area contributed by atoms with Crippen LogP contribution in [-0.4, -0.2) is 25.4 Å². The first-order chi connectivity index (χ1) is 5.77. The van der Waals surface area contributed by atoms with Gasteiger partial charge in [-0.15, -0.1) is 0 Å². The van der Waals surface area contributed by atoms with Crippen molar-refractivity contribution in [1.82, 2.24) is 14.4 Å². The van der Waals surface area contributed by atoms with Gasteiger partial charge in [-0.25, -0.2) is 14.8 Å². The minimum Gasteiger partial charge on any atom is -0.476 e. The standard InChI is InChI=1S/C7H5N3O2/c11-7(12)6-3-10-4-8-1-5(10)2-9-6/h1-4H,(H,11,12). The fourth-order valence-corrected chi connectivity index (χ4v) is 0.934. The summed E-state index contributed by atoms with van der Waals surface area (Å²) in [5, 5.41) is 8.59. The average molecular weight is 163 g/mol. The van der Waals surface area contributed by atoms with Crippen LogP contribution in [0.2, 0.25) is 0 Å². The summed E-state index contributed by atoms with van der Waals surface area (Å²) in [5.74, 6) is -1.04. The molecule has 0 bridgehead atoms. The number of carboxylic acid groups (broad SMARTS) is 1. The maximum atomic E-state index is 10.5. The lowest BCUT2D eigenvalue weighted by Crippen LogP contribution is -2.01. The summed E-state index contributed by atoms with van der Waals surface area (Å²) in [4.78, 5) is 18.0. The maximum Gasteiger partial charge on any atom is 0.356 e. The van der Waals surface area contributed by atoms with Gasteiger partial charge in [-0.3, -0.25) is 0 Å². The van der Waals surface area contributed by atoms with Gasteiger partial charge in [0.1, 0.15) is 0 Å². The van der Waals surface area contributed by atoms with E-state index < -0.39 is 5.97 Å². The number of aromatic nitrogens is 3. The van der Waals surface area contributed by atoms with Gasteiger partial charge in [0, 0.05) is 6.20 Å². The second kappa shape index (κ2) is 2.30. The van der Waals surface area contributed by atoms with E-state index in [0.29, 0.717) is 0 Å². The Balaban J connectivity index is 2.68. The van der Waals surface area contributed by atoms with Gasteiger partial charge in [-0.2, -0.15) is 0 Å². The van der Waals surface area contributed by atoms with Crippen LogP contribution >= 0.6 is 0 Å². The smallest absolute Gasteiger partial charge is 0.356 e. The number of aromatic carboxylic acids is 1. The van der Waals surface area contributed by atoms with E-state index in [1.165, 1.54) is 18.7 Å². The molecule has 5 nitrogen and oxygen atoms in total. The molecule has 0 aliphatic rings. The third-order valence-corrected chi connectivity index (χ3v) is 1.51. The first-order valence-electron chi connectivity index (χ1n) is 3.28. The lowest BCUT2D eigenvalue weighted by atomic mass is 10.4. The normalized spacial score (nSPS) is 10.3. The Morgan fingerprint density at radius 3 is 3.08 bits per heavy atom. The second-order valence-electron chi connectivity index (χ2n) is 2.30. The van der Waals surface area contributed by atoms with Crippen LogP contribution in [0.1, 0.15) is 10.5 Å². The summed E-state index contributed by atoms with van der Waals surface area (Å²) in [7, 11) is 0. The van der Waals surface area contributed by atoms with Crippen molar-refractivity contribution in [2.45, 2.75) is 0 Å². The molecule has 2 heterocycles. The Hall–Kier alpha value is -1.91. The number of fused-ring (bicyclic) bond motifs is 1. The minimum atomic E-state index is -1.04. The molecule has 0 amide bonds. The van der Waals surface area contributed by atoms with Gasteiger partial charge < -0.3 is 9.51 Å². The molecular formula is C7H5N3O2. The number of imidazole rings is 1. The molecule has 60 valence electrons. The number of hydrogen-bond donors (Lipinski definition) is 1. The third-order valence-electron chi connectivity index (χ3n) is 1.51. The number of carbonyl (C=O) groups is 1. The highest BCUT2D eigenvalue weighted by Crippen LogP contribution is 2.01. The molecule has 2 aromatic rings. The molecule has 0 aliphatic carbocycles. The number of carboxylic acids is 1. The van der Waals surface area contributed by atoms with Crippen LogP contribution in [0.3, 0.4) is 0 Å². The van der Waals surface area contributed by atoms with E-state index in [0.717, 1.165) is 5.52 Å². The molecule has 0 aliphatic heterocycles. The highest BCUT2D eigenvalue weighted by molar-refractivity contribution is 5.85. The Labute approximate surface area is 67.3 Å². The molecule has 0 radical (unpaired) electrons. The largest absolute Gasteiger partial charge is 0.476 e. The number of rotatable bonds is 1. The molecule has 12 heavy (non-hydrogen) atoms. The van der Waals surface area contributed by atoms with Gasteiger partial charge in [0.2, 0.25) is 0 Å². The predicted molar refractivity (Wildman–Crippen MR) is 39.9 cm³/mol. The van der Waals surface area contributed by atoms with E-state index in [1.54, 1.807) is 10.6 Å². The van der Waals surface area contributed by atoms with E-state index in [4.69, 9.17) is 5.11 Å². The SMILES string of the molecule is O=C(O)c1cn2cncc2cn1. The average Bonchev–Trinajstić information content (AvgIpc) is 2.49. The van der Waals surface area contributed by atoms with Gasteiger partial charge in [-0.1, -0.05) is 0 Å². The van der Waals surface area contributed by atoms with Crippen LogP contribution in [0.15, 0.2) is 24.9 Å². The van der Waals surface area contributed by atoms with Crippen LogP contribution in [-0.2, 0) is 0 Å². The summed E-state index contributed by atoms with van der Waals surface area (Å²) in [6.45, 7) is 0. The molecule has 0 fully saturated rings. The molecule has 0 aromatic carbocycles. The molecule has 0 saturated heterocycles. The van der Waals surface area contributed by atoms with Crippen LogP contribution < -0.4 is 0 Å². The van der Waals surface area contributed by atoms with Crippen LogP contribution in [0.5, 0.6) is 0 Å². The Morgan fingerprint density at radius 1 is 1.50 bits per heavy atom. The summed E-state index contributed by atoms with van der Waals surface area (Å²) >= 11 is 0. The zero-order valence-corrected chi connectivity index (χ0v) is 6.01.